The third kappa shape index (κ3) is 3.66. The number of morpholine rings is 1. The summed E-state index contributed by atoms with van der Waals surface area (Å²) in [5.74, 6) is -0.442. The predicted octanol–water partition coefficient (Wildman–Crippen LogP) is 0.989. The van der Waals surface area contributed by atoms with Crippen LogP contribution in [0.1, 0.15) is 6.42 Å². The lowest BCUT2D eigenvalue weighted by Gasteiger charge is -2.26. The molecule has 0 saturated carbocycles. The van der Waals surface area contributed by atoms with Gasteiger partial charge in [0.1, 0.15) is 0 Å². The van der Waals surface area contributed by atoms with Gasteiger partial charge >= 0.3 is 0 Å². The van der Waals surface area contributed by atoms with Gasteiger partial charge in [-0.2, -0.15) is 4.39 Å². The van der Waals surface area contributed by atoms with Crippen LogP contribution in [0.2, 0.25) is 0 Å². The van der Waals surface area contributed by atoms with Crippen molar-refractivity contribution in [3.8, 4) is 0 Å². The number of rotatable bonds is 4. The molecule has 0 aromatic rings. The summed E-state index contributed by atoms with van der Waals surface area (Å²) in [6.45, 7) is 4.94. The third-order valence-corrected chi connectivity index (χ3v) is 2.68. The normalized spacial score (nSPS) is 26.8. The molecule has 2 aliphatic rings. The van der Waals surface area contributed by atoms with Crippen molar-refractivity contribution in [3.63, 3.8) is 0 Å². The van der Waals surface area contributed by atoms with Crippen LogP contribution in [-0.4, -0.2) is 56.5 Å². The highest BCUT2D eigenvalue weighted by Gasteiger charge is 2.13. The summed E-state index contributed by atoms with van der Waals surface area (Å²) in [4.78, 5) is 6.04. The minimum Gasteiger partial charge on any atom is -0.379 e. The molecule has 4 nitrogen and oxygen atoms in total. The monoisotopic (exact) mass is 228 g/mol. The average molecular weight is 228 g/mol. The van der Waals surface area contributed by atoms with E-state index < -0.39 is 5.97 Å². The molecule has 16 heavy (non-hydrogen) atoms. The topological polar surface area (TPSA) is 34.1 Å². The highest BCUT2D eigenvalue weighted by molar-refractivity contribution is 5.87. The highest BCUT2D eigenvalue weighted by atomic mass is 19.1. The molecular formula is C11H17FN2O2. The molecule has 0 aromatic carbocycles. The molecule has 0 bridgehead atoms. The molecule has 0 amide bonds. The number of ether oxygens (including phenoxy) is 2. The van der Waals surface area contributed by atoms with Crippen LogP contribution in [0.3, 0.4) is 0 Å². The first kappa shape index (κ1) is 11.7. The Morgan fingerprint density at radius 1 is 1.50 bits per heavy atom. The minimum absolute atomic E-state index is 0.342. The second-order valence-electron chi connectivity index (χ2n) is 3.87. The van der Waals surface area contributed by atoms with Gasteiger partial charge in [0.2, 0.25) is 5.97 Å². The predicted molar refractivity (Wildman–Crippen MR) is 59.3 cm³/mol. The number of hydrogen-bond acceptors (Lipinski definition) is 4. The highest BCUT2D eigenvalue weighted by Crippen LogP contribution is 2.09. The zero-order valence-electron chi connectivity index (χ0n) is 9.27. The van der Waals surface area contributed by atoms with Crippen LogP contribution in [0.4, 0.5) is 4.39 Å². The fourth-order valence-corrected chi connectivity index (χ4v) is 1.76. The van der Waals surface area contributed by atoms with Crippen LogP contribution >= 0.6 is 0 Å². The zero-order chi connectivity index (χ0) is 11.2. The Hall–Kier alpha value is -0.780. The van der Waals surface area contributed by atoms with Gasteiger partial charge in [-0.25, -0.2) is 4.99 Å². The van der Waals surface area contributed by atoms with Gasteiger partial charge < -0.3 is 9.47 Å². The molecular weight excluding hydrogens is 211 g/mol. The van der Waals surface area contributed by atoms with Crippen molar-refractivity contribution in [1.29, 1.82) is 0 Å². The van der Waals surface area contributed by atoms with Crippen LogP contribution in [0, 0.1) is 0 Å². The van der Waals surface area contributed by atoms with Crippen molar-refractivity contribution in [2.24, 2.45) is 4.99 Å². The van der Waals surface area contributed by atoms with Gasteiger partial charge in [-0.1, -0.05) is 6.08 Å². The lowest BCUT2D eigenvalue weighted by Crippen LogP contribution is -2.38. The Morgan fingerprint density at radius 3 is 3.06 bits per heavy atom. The van der Waals surface area contributed by atoms with Crippen molar-refractivity contribution in [1.82, 2.24) is 4.90 Å². The second kappa shape index (κ2) is 6.08. The van der Waals surface area contributed by atoms with Crippen LogP contribution < -0.4 is 0 Å². The second-order valence-corrected chi connectivity index (χ2v) is 3.87. The van der Waals surface area contributed by atoms with E-state index in [-0.39, 0.29) is 6.23 Å². The van der Waals surface area contributed by atoms with Crippen molar-refractivity contribution in [3.05, 3.63) is 12.2 Å². The number of allylic oxidation sites excluding steroid dienone is 1. The summed E-state index contributed by atoms with van der Waals surface area (Å²) in [6.07, 6.45) is 3.45. The van der Waals surface area contributed by atoms with Gasteiger partial charge in [-0.05, 0) is 6.08 Å². The first-order valence-corrected chi connectivity index (χ1v) is 5.66. The van der Waals surface area contributed by atoms with Gasteiger partial charge in [0.05, 0.1) is 19.8 Å². The SMILES string of the molecule is FC1=NC(OCCN2CCOCC2)CC=C1. The first-order chi connectivity index (χ1) is 7.84. The molecule has 5 heteroatoms. The molecule has 90 valence electrons. The van der Waals surface area contributed by atoms with Crippen LogP contribution in [0.25, 0.3) is 0 Å². The fourth-order valence-electron chi connectivity index (χ4n) is 1.76. The van der Waals surface area contributed by atoms with E-state index in [1.807, 2.05) is 0 Å². The Balaban J connectivity index is 1.62. The molecule has 1 saturated heterocycles. The van der Waals surface area contributed by atoms with E-state index in [9.17, 15) is 4.39 Å². The standard InChI is InChI=1S/C11H17FN2O2/c12-10-2-1-3-11(13-10)16-9-6-14-4-7-15-8-5-14/h1-2,11H,3-9H2. The summed E-state index contributed by atoms with van der Waals surface area (Å²) >= 11 is 0. The molecule has 1 atom stereocenters. The van der Waals surface area contributed by atoms with E-state index in [0.717, 1.165) is 32.8 Å². The maximum Gasteiger partial charge on any atom is 0.210 e. The first-order valence-electron chi connectivity index (χ1n) is 5.66. The zero-order valence-corrected chi connectivity index (χ0v) is 9.27. The van der Waals surface area contributed by atoms with Gasteiger partial charge in [0, 0.05) is 26.1 Å². The molecule has 0 radical (unpaired) electrons. The summed E-state index contributed by atoms with van der Waals surface area (Å²) < 4.78 is 23.5. The maximum atomic E-state index is 12.8. The van der Waals surface area contributed by atoms with Gasteiger partial charge in [-0.3, -0.25) is 4.90 Å². The largest absolute Gasteiger partial charge is 0.379 e. The third-order valence-electron chi connectivity index (χ3n) is 2.68. The number of dihydropyridines is 1. The quantitative estimate of drug-likeness (QED) is 0.719. The summed E-state index contributed by atoms with van der Waals surface area (Å²) in [7, 11) is 0. The van der Waals surface area contributed by atoms with E-state index >= 15 is 0 Å². The van der Waals surface area contributed by atoms with Crippen molar-refractivity contribution in [2.75, 3.05) is 39.5 Å². The molecule has 1 fully saturated rings. The van der Waals surface area contributed by atoms with E-state index in [1.54, 1.807) is 6.08 Å². The Morgan fingerprint density at radius 2 is 2.31 bits per heavy atom. The molecule has 0 aromatic heterocycles. The molecule has 2 heterocycles. The number of nitrogens with zero attached hydrogens (tertiary/aromatic N) is 2. The van der Waals surface area contributed by atoms with Crippen molar-refractivity contribution >= 4 is 5.97 Å². The summed E-state index contributed by atoms with van der Waals surface area (Å²) in [6, 6.07) is 0. The number of hydrogen-bond donors (Lipinski definition) is 0. The Bertz CT molecular complexity index is 275. The Kier molecular flexibility index (Phi) is 4.44. The number of halogens is 1. The Labute approximate surface area is 94.7 Å². The van der Waals surface area contributed by atoms with Gasteiger partial charge in [-0.15, -0.1) is 0 Å². The van der Waals surface area contributed by atoms with Crippen LogP contribution in [-0.2, 0) is 9.47 Å². The smallest absolute Gasteiger partial charge is 0.210 e. The maximum absolute atomic E-state index is 12.8. The fraction of sp³-hybridized carbons (Fsp3) is 0.727. The van der Waals surface area contributed by atoms with E-state index in [1.165, 1.54) is 6.08 Å². The number of aliphatic imine (C=N–C) groups is 1. The van der Waals surface area contributed by atoms with Gasteiger partial charge in [0.25, 0.3) is 0 Å². The minimum atomic E-state index is -0.442. The van der Waals surface area contributed by atoms with E-state index in [4.69, 9.17) is 9.47 Å². The van der Waals surface area contributed by atoms with Crippen molar-refractivity contribution < 1.29 is 13.9 Å². The lowest BCUT2D eigenvalue weighted by atomic mass is 10.3. The molecule has 0 spiro atoms. The molecule has 2 aliphatic heterocycles. The van der Waals surface area contributed by atoms with E-state index in [0.29, 0.717) is 13.0 Å². The molecule has 0 N–H and O–H groups in total. The van der Waals surface area contributed by atoms with Crippen LogP contribution in [0.5, 0.6) is 0 Å². The summed E-state index contributed by atoms with van der Waals surface area (Å²) in [5, 5.41) is 0. The van der Waals surface area contributed by atoms with Gasteiger partial charge in [0.15, 0.2) is 6.23 Å². The lowest BCUT2D eigenvalue weighted by molar-refractivity contribution is 0.00415. The van der Waals surface area contributed by atoms with Crippen molar-refractivity contribution in [2.45, 2.75) is 12.6 Å². The van der Waals surface area contributed by atoms with E-state index in [2.05, 4.69) is 9.89 Å². The van der Waals surface area contributed by atoms with Crippen LogP contribution in [0.15, 0.2) is 17.1 Å². The molecule has 0 aliphatic carbocycles. The summed E-state index contributed by atoms with van der Waals surface area (Å²) in [5.41, 5.74) is 0. The molecule has 1 unspecified atom stereocenters. The molecule has 2 rings (SSSR count). The average Bonchev–Trinajstić information content (AvgIpc) is 2.30.